The smallest absolute Gasteiger partial charge is 0.216 e. The molecule has 0 saturated heterocycles. The highest BCUT2D eigenvalue weighted by atomic mass is 32.1. The number of H-pyrrole nitrogens is 1. The Kier molecular flexibility index (Phi) is 2.12. The molecule has 2 aromatic heterocycles. The fraction of sp³-hybridized carbons (Fsp3) is 0.125. The van der Waals surface area contributed by atoms with Crippen LogP contribution in [0.4, 0.5) is 4.39 Å². The van der Waals surface area contributed by atoms with E-state index in [0.717, 1.165) is 6.20 Å². The maximum Gasteiger partial charge on any atom is 0.216 e. The van der Waals surface area contributed by atoms with Crippen molar-refractivity contribution in [3.8, 4) is 11.5 Å². The van der Waals surface area contributed by atoms with Crippen molar-refractivity contribution >= 4 is 12.2 Å². The molecular formula is C8H7FN4S. The maximum atomic E-state index is 12.6. The van der Waals surface area contributed by atoms with E-state index in [9.17, 15) is 4.39 Å². The number of hydrogen-bond donors (Lipinski definition) is 1. The van der Waals surface area contributed by atoms with Crippen LogP contribution < -0.4 is 0 Å². The molecule has 0 aliphatic heterocycles. The minimum Gasteiger partial charge on any atom is -0.278 e. The summed E-state index contributed by atoms with van der Waals surface area (Å²) in [4.78, 5) is 7.92. The van der Waals surface area contributed by atoms with Crippen molar-refractivity contribution in [2.45, 2.75) is 0 Å². The number of pyridine rings is 1. The van der Waals surface area contributed by atoms with Crippen molar-refractivity contribution < 1.29 is 4.39 Å². The van der Waals surface area contributed by atoms with Crippen molar-refractivity contribution in [1.82, 2.24) is 19.7 Å². The Morgan fingerprint density at radius 2 is 2.29 bits per heavy atom. The van der Waals surface area contributed by atoms with Gasteiger partial charge in [0.05, 0.1) is 6.20 Å². The van der Waals surface area contributed by atoms with E-state index in [4.69, 9.17) is 12.2 Å². The lowest BCUT2D eigenvalue weighted by molar-refractivity contribution is 0.621. The topological polar surface area (TPSA) is 46.5 Å². The van der Waals surface area contributed by atoms with Gasteiger partial charge in [0.1, 0.15) is 11.5 Å². The predicted octanol–water partition coefficient (Wildman–Crippen LogP) is 1.68. The molecule has 4 nitrogen and oxygen atoms in total. The zero-order valence-corrected chi connectivity index (χ0v) is 8.18. The van der Waals surface area contributed by atoms with Gasteiger partial charge in [0, 0.05) is 7.05 Å². The molecule has 0 atom stereocenters. The lowest BCUT2D eigenvalue weighted by Gasteiger charge is -1.94. The van der Waals surface area contributed by atoms with E-state index in [-0.39, 0.29) is 5.82 Å². The van der Waals surface area contributed by atoms with E-state index < -0.39 is 0 Å². The summed E-state index contributed by atoms with van der Waals surface area (Å²) < 4.78 is 14.6. The Morgan fingerprint density at radius 3 is 2.79 bits per heavy atom. The largest absolute Gasteiger partial charge is 0.278 e. The molecule has 2 heterocycles. The molecule has 0 amide bonds. The van der Waals surface area contributed by atoms with E-state index in [1.165, 1.54) is 6.07 Å². The number of aryl methyl sites for hydroxylation is 1. The molecule has 0 radical (unpaired) electrons. The molecule has 1 N–H and O–H groups in total. The molecule has 0 aliphatic carbocycles. The molecule has 14 heavy (non-hydrogen) atoms. The second-order valence-corrected chi connectivity index (χ2v) is 3.14. The van der Waals surface area contributed by atoms with Crippen LogP contribution in [-0.2, 0) is 7.05 Å². The number of nitrogens with one attached hydrogen (secondary N) is 1. The first-order chi connectivity index (χ1) is 6.66. The first kappa shape index (κ1) is 9.01. The highest BCUT2D eigenvalue weighted by molar-refractivity contribution is 7.71. The van der Waals surface area contributed by atoms with Crippen LogP contribution in [0.2, 0.25) is 0 Å². The predicted molar refractivity (Wildman–Crippen MR) is 51.6 cm³/mol. The standard InChI is InChI=1S/C8H7FN4S/c1-13-8(14)11-7(12-13)6-3-2-5(9)4-10-6/h2-4H,1H3,(H,11,12,14). The first-order valence-electron chi connectivity index (χ1n) is 3.92. The fourth-order valence-corrected chi connectivity index (χ4v) is 1.17. The summed E-state index contributed by atoms with van der Waals surface area (Å²) in [6, 6.07) is 2.87. The molecule has 72 valence electrons. The highest BCUT2D eigenvalue weighted by Gasteiger charge is 2.03. The van der Waals surface area contributed by atoms with Crippen LogP contribution in [0.1, 0.15) is 0 Å². The van der Waals surface area contributed by atoms with Crippen LogP contribution in [0, 0.1) is 10.6 Å². The van der Waals surface area contributed by atoms with Gasteiger partial charge in [0.15, 0.2) is 5.82 Å². The lowest BCUT2D eigenvalue weighted by Crippen LogP contribution is -1.90. The average molecular weight is 210 g/mol. The summed E-state index contributed by atoms with van der Waals surface area (Å²) in [7, 11) is 1.75. The number of aromatic amines is 1. The molecule has 0 spiro atoms. The van der Waals surface area contributed by atoms with Gasteiger partial charge in [0.2, 0.25) is 4.77 Å². The molecular weight excluding hydrogens is 203 g/mol. The fourth-order valence-electron chi connectivity index (χ4n) is 1.03. The van der Waals surface area contributed by atoms with E-state index in [2.05, 4.69) is 15.1 Å². The van der Waals surface area contributed by atoms with Gasteiger partial charge >= 0.3 is 0 Å². The molecule has 6 heteroatoms. The minimum atomic E-state index is -0.372. The zero-order chi connectivity index (χ0) is 10.1. The normalized spacial score (nSPS) is 10.4. The van der Waals surface area contributed by atoms with Gasteiger partial charge in [-0.15, -0.1) is 0 Å². The van der Waals surface area contributed by atoms with Crippen molar-refractivity contribution in [3.05, 3.63) is 28.9 Å². The van der Waals surface area contributed by atoms with Gasteiger partial charge in [-0.2, -0.15) is 4.98 Å². The third-order valence-corrected chi connectivity index (χ3v) is 2.10. The van der Waals surface area contributed by atoms with Gasteiger partial charge < -0.3 is 0 Å². The number of rotatable bonds is 1. The Labute approximate surface area is 84.4 Å². The average Bonchev–Trinajstić information content (AvgIpc) is 2.48. The van der Waals surface area contributed by atoms with Crippen molar-refractivity contribution in [2.75, 3.05) is 0 Å². The lowest BCUT2D eigenvalue weighted by atomic mass is 10.3. The summed E-state index contributed by atoms with van der Waals surface area (Å²) in [6.07, 6.45) is 1.14. The molecule has 2 aromatic rings. The molecule has 0 saturated carbocycles. The maximum absolute atomic E-state index is 12.6. The number of aromatic nitrogens is 4. The van der Waals surface area contributed by atoms with Crippen LogP contribution in [0.3, 0.4) is 0 Å². The molecule has 0 aromatic carbocycles. The summed E-state index contributed by atoms with van der Waals surface area (Å²) in [5.41, 5.74) is 0.568. The molecule has 2 rings (SSSR count). The van der Waals surface area contributed by atoms with Gasteiger partial charge in [-0.3, -0.25) is 9.78 Å². The second-order valence-electron chi connectivity index (χ2n) is 2.78. The number of nitrogens with zero attached hydrogens (tertiary/aromatic N) is 3. The highest BCUT2D eigenvalue weighted by Crippen LogP contribution is 2.10. The van der Waals surface area contributed by atoms with Crippen LogP contribution in [-0.4, -0.2) is 19.7 Å². The summed E-state index contributed by atoms with van der Waals surface area (Å²) in [5, 5.41) is 2.90. The first-order valence-corrected chi connectivity index (χ1v) is 4.32. The van der Waals surface area contributed by atoms with Crippen molar-refractivity contribution in [1.29, 1.82) is 0 Å². The van der Waals surface area contributed by atoms with Crippen molar-refractivity contribution in [2.24, 2.45) is 7.05 Å². The SMILES string of the molecule is Cn1[nH]c(-c2ccc(F)cn2)nc1=S. The third kappa shape index (κ3) is 1.56. The molecule has 0 aliphatic rings. The quantitative estimate of drug-likeness (QED) is 0.728. The Bertz CT molecular complexity index is 499. The molecule has 0 fully saturated rings. The van der Waals surface area contributed by atoms with Crippen LogP contribution in [0.25, 0.3) is 11.5 Å². The Morgan fingerprint density at radius 1 is 1.50 bits per heavy atom. The third-order valence-electron chi connectivity index (χ3n) is 1.74. The zero-order valence-electron chi connectivity index (χ0n) is 7.36. The van der Waals surface area contributed by atoms with E-state index in [1.54, 1.807) is 17.8 Å². The van der Waals surface area contributed by atoms with Crippen molar-refractivity contribution in [3.63, 3.8) is 0 Å². The second kappa shape index (κ2) is 3.30. The molecule has 0 unspecified atom stereocenters. The summed E-state index contributed by atoms with van der Waals surface area (Å²) >= 11 is 4.92. The molecule has 0 bridgehead atoms. The van der Waals surface area contributed by atoms with Crippen LogP contribution >= 0.6 is 12.2 Å². The Hall–Kier alpha value is -1.56. The summed E-state index contributed by atoms with van der Waals surface area (Å²) in [5.74, 6) is 0.167. The Balaban J connectivity index is 2.49. The van der Waals surface area contributed by atoms with Gasteiger partial charge in [-0.05, 0) is 24.4 Å². The van der Waals surface area contributed by atoms with E-state index in [1.807, 2.05) is 0 Å². The van der Waals surface area contributed by atoms with Crippen LogP contribution in [0.5, 0.6) is 0 Å². The monoisotopic (exact) mass is 210 g/mol. The summed E-state index contributed by atoms with van der Waals surface area (Å²) in [6.45, 7) is 0. The number of hydrogen-bond acceptors (Lipinski definition) is 3. The van der Waals surface area contributed by atoms with E-state index in [0.29, 0.717) is 16.3 Å². The minimum absolute atomic E-state index is 0.372. The number of halogens is 1. The van der Waals surface area contributed by atoms with Gasteiger partial charge in [-0.25, -0.2) is 9.37 Å². The van der Waals surface area contributed by atoms with E-state index >= 15 is 0 Å². The van der Waals surface area contributed by atoms with Gasteiger partial charge in [-0.1, -0.05) is 0 Å². The van der Waals surface area contributed by atoms with Crippen LogP contribution in [0.15, 0.2) is 18.3 Å². The van der Waals surface area contributed by atoms with Gasteiger partial charge in [0.25, 0.3) is 0 Å².